The second kappa shape index (κ2) is 10.5. The van der Waals surface area contributed by atoms with E-state index in [1.807, 2.05) is 0 Å². The third kappa shape index (κ3) is 5.54. The van der Waals surface area contributed by atoms with Gasteiger partial charge in [-0.15, -0.1) is 0 Å². The van der Waals surface area contributed by atoms with E-state index >= 15 is 0 Å². The number of piperazine rings is 1. The molecule has 1 N–H and O–H groups in total. The summed E-state index contributed by atoms with van der Waals surface area (Å²) in [6, 6.07) is 11.9. The van der Waals surface area contributed by atoms with E-state index in [4.69, 9.17) is 4.74 Å². The zero-order chi connectivity index (χ0) is 24.1. The van der Waals surface area contributed by atoms with Gasteiger partial charge in [-0.3, -0.25) is 9.59 Å². The third-order valence-electron chi connectivity index (χ3n) is 5.88. The SMILES string of the molecule is O=C(CNc1cccc(C(=O)N2CCOCC2)c1)N1CCN(S(=O)(=O)c2cccc(F)c2)CC1. The van der Waals surface area contributed by atoms with Crippen molar-refractivity contribution >= 4 is 27.5 Å². The van der Waals surface area contributed by atoms with Crippen LogP contribution in [0.25, 0.3) is 0 Å². The number of carbonyl (C=O) groups is 2. The van der Waals surface area contributed by atoms with E-state index in [0.29, 0.717) is 37.6 Å². The van der Waals surface area contributed by atoms with Crippen molar-refractivity contribution in [1.29, 1.82) is 0 Å². The molecular weight excluding hydrogens is 463 g/mol. The maximum Gasteiger partial charge on any atom is 0.254 e. The topological polar surface area (TPSA) is 99.3 Å². The first-order valence-electron chi connectivity index (χ1n) is 11.1. The molecule has 2 amide bonds. The number of sulfonamides is 1. The van der Waals surface area contributed by atoms with Crippen molar-refractivity contribution in [1.82, 2.24) is 14.1 Å². The lowest BCUT2D eigenvalue weighted by Gasteiger charge is -2.34. The number of nitrogens with one attached hydrogen (secondary N) is 1. The lowest BCUT2D eigenvalue weighted by molar-refractivity contribution is -0.130. The molecule has 0 aromatic heterocycles. The first kappa shape index (κ1) is 24.1. The Morgan fingerprint density at radius 3 is 2.32 bits per heavy atom. The summed E-state index contributed by atoms with van der Waals surface area (Å²) in [6.07, 6.45) is 0. The van der Waals surface area contributed by atoms with E-state index in [1.54, 1.807) is 34.1 Å². The molecule has 2 saturated heterocycles. The molecule has 2 aromatic carbocycles. The molecule has 0 aliphatic carbocycles. The molecule has 2 aliphatic heterocycles. The summed E-state index contributed by atoms with van der Waals surface area (Å²) in [6.45, 7) is 2.92. The Bertz CT molecular complexity index is 1150. The van der Waals surface area contributed by atoms with Crippen molar-refractivity contribution in [3.63, 3.8) is 0 Å². The van der Waals surface area contributed by atoms with Crippen molar-refractivity contribution < 1.29 is 27.1 Å². The quantitative estimate of drug-likeness (QED) is 0.654. The number of ether oxygens (including phenoxy) is 1. The highest BCUT2D eigenvalue weighted by Gasteiger charge is 2.30. The van der Waals surface area contributed by atoms with Crippen molar-refractivity contribution in [2.24, 2.45) is 0 Å². The molecule has 2 aromatic rings. The first-order chi connectivity index (χ1) is 16.3. The first-order valence-corrected chi connectivity index (χ1v) is 12.5. The summed E-state index contributed by atoms with van der Waals surface area (Å²) < 4.78 is 45.5. The highest BCUT2D eigenvalue weighted by atomic mass is 32.2. The monoisotopic (exact) mass is 490 g/mol. The van der Waals surface area contributed by atoms with E-state index in [2.05, 4.69) is 5.32 Å². The van der Waals surface area contributed by atoms with Gasteiger partial charge in [-0.25, -0.2) is 12.8 Å². The summed E-state index contributed by atoms with van der Waals surface area (Å²) >= 11 is 0. The lowest BCUT2D eigenvalue weighted by Crippen LogP contribution is -2.51. The molecule has 0 radical (unpaired) electrons. The minimum atomic E-state index is -3.82. The lowest BCUT2D eigenvalue weighted by atomic mass is 10.1. The van der Waals surface area contributed by atoms with Crippen LogP contribution in [0, 0.1) is 5.82 Å². The molecule has 182 valence electrons. The van der Waals surface area contributed by atoms with Gasteiger partial charge in [0.25, 0.3) is 5.91 Å². The van der Waals surface area contributed by atoms with E-state index in [9.17, 15) is 22.4 Å². The van der Waals surface area contributed by atoms with Gasteiger partial charge in [-0.05, 0) is 36.4 Å². The maximum atomic E-state index is 13.5. The average Bonchev–Trinajstić information content (AvgIpc) is 2.87. The van der Waals surface area contributed by atoms with Gasteiger partial charge < -0.3 is 19.9 Å². The van der Waals surface area contributed by atoms with Crippen molar-refractivity contribution in [3.8, 4) is 0 Å². The Balaban J connectivity index is 1.30. The fourth-order valence-electron chi connectivity index (χ4n) is 3.96. The molecule has 4 rings (SSSR count). The van der Waals surface area contributed by atoms with Crippen molar-refractivity contribution in [2.75, 3.05) is 64.3 Å². The van der Waals surface area contributed by atoms with Crippen LogP contribution in [-0.2, 0) is 19.6 Å². The predicted octanol–water partition coefficient (Wildman–Crippen LogP) is 1.24. The highest BCUT2D eigenvalue weighted by Crippen LogP contribution is 2.19. The zero-order valence-electron chi connectivity index (χ0n) is 18.7. The van der Waals surface area contributed by atoms with Crippen LogP contribution >= 0.6 is 0 Å². The minimum Gasteiger partial charge on any atom is -0.378 e. The average molecular weight is 491 g/mol. The minimum absolute atomic E-state index is 0.0197. The molecule has 0 atom stereocenters. The molecular formula is C23H27FN4O5S. The predicted molar refractivity (Wildman–Crippen MR) is 123 cm³/mol. The fourth-order valence-corrected chi connectivity index (χ4v) is 5.41. The van der Waals surface area contributed by atoms with Crippen LogP contribution in [0.3, 0.4) is 0 Å². The number of halogens is 1. The van der Waals surface area contributed by atoms with Crippen LogP contribution in [0.5, 0.6) is 0 Å². The molecule has 0 unspecified atom stereocenters. The number of nitrogens with zero attached hydrogens (tertiary/aromatic N) is 3. The van der Waals surface area contributed by atoms with Crippen LogP contribution in [-0.4, -0.2) is 93.4 Å². The van der Waals surface area contributed by atoms with Gasteiger partial charge >= 0.3 is 0 Å². The van der Waals surface area contributed by atoms with Gasteiger partial charge in [0.05, 0.1) is 24.7 Å². The number of morpholine rings is 1. The summed E-state index contributed by atoms with van der Waals surface area (Å²) in [7, 11) is -3.82. The maximum absolute atomic E-state index is 13.5. The van der Waals surface area contributed by atoms with Gasteiger partial charge in [-0.1, -0.05) is 12.1 Å². The van der Waals surface area contributed by atoms with Crippen molar-refractivity contribution in [3.05, 3.63) is 59.9 Å². The Morgan fingerprint density at radius 2 is 1.62 bits per heavy atom. The molecule has 0 bridgehead atoms. The molecule has 2 fully saturated rings. The second-order valence-electron chi connectivity index (χ2n) is 8.08. The third-order valence-corrected chi connectivity index (χ3v) is 7.77. The molecule has 34 heavy (non-hydrogen) atoms. The number of anilines is 1. The van der Waals surface area contributed by atoms with Crippen LogP contribution in [0.1, 0.15) is 10.4 Å². The summed E-state index contributed by atoms with van der Waals surface area (Å²) in [4.78, 5) is 28.6. The highest BCUT2D eigenvalue weighted by molar-refractivity contribution is 7.89. The molecule has 2 aliphatic rings. The standard InChI is InChI=1S/C23H27FN4O5S/c24-19-4-2-6-21(16-19)34(31,32)28-9-7-26(8-10-28)22(29)17-25-20-5-1-3-18(15-20)23(30)27-11-13-33-14-12-27/h1-6,15-16,25H,7-14,17H2. The molecule has 2 heterocycles. The van der Waals surface area contributed by atoms with Crippen molar-refractivity contribution in [2.45, 2.75) is 4.90 Å². The second-order valence-corrected chi connectivity index (χ2v) is 10.0. The molecule has 0 spiro atoms. The van der Waals surface area contributed by atoms with E-state index in [0.717, 1.165) is 6.07 Å². The van der Waals surface area contributed by atoms with Crippen LogP contribution < -0.4 is 5.32 Å². The fraction of sp³-hybridized carbons (Fsp3) is 0.391. The number of hydrogen-bond donors (Lipinski definition) is 1. The molecule has 11 heteroatoms. The van der Waals surface area contributed by atoms with Gasteiger partial charge in [0.1, 0.15) is 5.82 Å². The van der Waals surface area contributed by atoms with E-state index < -0.39 is 15.8 Å². The number of hydrogen-bond acceptors (Lipinski definition) is 6. The van der Waals surface area contributed by atoms with Crippen LogP contribution in [0.2, 0.25) is 0 Å². The zero-order valence-corrected chi connectivity index (χ0v) is 19.5. The number of amides is 2. The van der Waals surface area contributed by atoms with Gasteiger partial charge in [-0.2, -0.15) is 4.31 Å². The Morgan fingerprint density at radius 1 is 0.912 bits per heavy atom. The van der Waals surface area contributed by atoms with Crippen LogP contribution in [0.15, 0.2) is 53.4 Å². The molecule has 0 saturated carbocycles. The number of carbonyl (C=O) groups excluding carboxylic acids is 2. The van der Waals surface area contributed by atoms with E-state index in [-0.39, 0.29) is 49.4 Å². The summed E-state index contributed by atoms with van der Waals surface area (Å²) in [5.74, 6) is -0.863. The van der Waals surface area contributed by atoms with Gasteiger partial charge in [0.15, 0.2) is 0 Å². The number of rotatable bonds is 6. The summed E-state index contributed by atoms with van der Waals surface area (Å²) in [5, 5.41) is 3.05. The summed E-state index contributed by atoms with van der Waals surface area (Å²) in [5.41, 5.74) is 1.19. The van der Waals surface area contributed by atoms with Crippen LogP contribution in [0.4, 0.5) is 10.1 Å². The Kier molecular flexibility index (Phi) is 7.44. The Labute approximate surface area is 198 Å². The normalized spacial score (nSPS) is 17.4. The number of benzene rings is 2. The van der Waals surface area contributed by atoms with E-state index in [1.165, 1.54) is 22.5 Å². The van der Waals surface area contributed by atoms with Gasteiger partial charge in [0, 0.05) is 50.5 Å². The largest absolute Gasteiger partial charge is 0.378 e. The van der Waals surface area contributed by atoms with Gasteiger partial charge in [0.2, 0.25) is 15.9 Å². The smallest absolute Gasteiger partial charge is 0.254 e. The molecule has 9 nitrogen and oxygen atoms in total. The Hall–Kier alpha value is -3.02.